The van der Waals surface area contributed by atoms with Crippen molar-refractivity contribution in [2.24, 2.45) is 0 Å². The van der Waals surface area contributed by atoms with Crippen molar-refractivity contribution >= 4 is 23.2 Å². The van der Waals surface area contributed by atoms with Crippen LogP contribution in [-0.4, -0.2) is 22.0 Å². The second kappa shape index (κ2) is 5.48. The van der Waals surface area contributed by atoms with Gasteiger partial charge in [-0.05, 0) is 22.8 Å². The molecule has 0 heterocycles. The summed E-state index contributed by atoms with van der Waals surface area (Å²) in [5, 5.41) is 23.8. The van der Waals surface area contributed by atoms with Gasteiger partial charge in [0.25, 0.3) is 0 Å². The van der Waals surface area contributed by atoms with Gasteiger partial charge in [0.1, 0.15) is 18.1 Å². The highest BCUT2D eigenvalue weighted by Crippen LogP contribution is 2.43. The molecule has 1 amide bonds. The molecule has 2 aromatic rings. The van der Waals surface area contributed by atoms with Crippen LogP contribution in [0.4, 0.5) is 5.69 Å². The fourth-order valence-corrected chi connectivity index (χ4v) is 2.82. The molecule has 2 aromatic carbocycles. The smallest absolute Gasteiger partial charge is 0.239 e. The molecule has 3 N–H and O–H groups in total. The Bertz CT molecular complexity index is 702. The standard InChI is InChI=1S/C16H14ClNO3/c17-8-13(19)18-12-7-3-6-11-14(12)16(21)10-5-2-1-4-9(10)15(11)20/h1-7,15-16,20-21H,8H2,(H,18,19). The molecule has 0 saturated carbocycles. The van der Waals surface area contributed by atoms with Crippen LogP contribution in [0.5, 0.6) is 0 Å². The molecule has 0 aromatic heterocycles. The van der Waals surface area contributed by atoms with E-state index in [0.717, 1.165) is 0 Å². The van der Waals surface area contributed by atoms with Crippen molar-refractivity contribution in [1.82, 2.24) is 0 Å². The molecule has 0 fully saturated rings. The molecular weight excluding hydrogens is 290 g/mol. The van der Waals surface area contributed by atoms with Gasteiger partial charge < -0.3 is 15.5 Å². The topological polar surface area (TPSA) is 69.6 Å². The lowest BCUT2D eigenvalue weighted by atomic mass is 9.81. The summed E-state index contributed by atoms with van der Waals surface area (Å²) in [6.07, 6.45) is -1.72. The third kappa shape index (κ3) is 2.31. The van der Waals surface area contributed by atoms with E-state index in [1.165, 1.54) is 0 Å². The van der Waals surface area contributed by atoms with Crippen molar-refractivity contribution in [3.8, 4) is 0 Å². The molecule has 21 heavy (non-hydrogen) atoms. The minimum absolute atomic E-state index is 0.168. The Morgan fingerprint density at radius 3 is 2.29 bits per heavy atom. The first kappa shape index (κ1) is 14.1. The summed E-state index contributed by atoms with van der Waals surface area (Å²) in [7, 11) is 0. The Kier molecular flexibility index (Phi) is 3.68. The van der Waals surface area contributed by atoms with E-state index in [2.05, 4.69) is 5.32 Å². The van der Waals surface area contributed by atoms with Crippen LogP contribution in [0.2, 0.25) is 0 Å². The number of halogens is 1. The molecular formula is C16H14ClNO3. The number of amides is 1. The second-order valence-electron chi connectivity index (χ2n) is 4.92. The van der Waals surface area contributed by atoms with Gasteiger partial charge in [-0.2, -0.15) is 0 Å². The molecule has 1 aliphatic rings. The number of alkyl halides is 1. The molecule has 3 rings (SSSR count). The van der Waals surface area contributed by atoms with E-state index in [1.54, 1.807) is 36.4 Å². The van der Waals surface area contributed by atoms with Gasteiger partial charge in [0.05, 0.1) is 0 Å². The summed E-state index contributed by atoms with van der Waals surface area (Å²) in [5.41, 5.74) is 2.90. The van der Waals surface area contributed by atoms with E-state index in [4.69, 9.17) is 11.6 Å². The average Bonchev–Trinajstić information content (AvgIpc) is 2.52. The molecule has 0 aliphatic heterocycles. The van der Waals surface area contributed by atoms with Crippen LogP contribution in [0, 0.1) is 0 Å². The SMILES string of the molecule is O=C(CCl)Nc1cccc2c1C(O)c1ccccc1C2O. The third-order valence-electron chi connectivity index (χ3n) is 3.69. The molecule has 0 saturated heterocycles. The minimum atomic E-state index is -0.897. The molecule has 4 nitrogen and oxygen atoms in total. The lowest BCUT2D eigenvalue weighted by Crippen LogP contribution is -2.21. The number of hydrogen-bond donors (Lipinski definition) is 3. The average molecular weight is 304 g/mol. The largest absolute Gasteiger partial charge is 0.384 e. The number of aliphatic hydroxyl groups excluding tert-OH is 2. The fourth-order valence-electron chi connectivity index (χ4n) is 2.75. The molecule has 1 aliphatic carbocycles. The van der Waals surface area contributed by atoms with E-state index < -0.39 is 12.2 Å². The Labute approximate surface area is 127 Å². The van der Waals surface area contributed by atoms with Crippen molar-refractivity contribution in [1.29, 1.82) is 0 Å². The molecule has 5 heteroatoms. The number of carbonyl (C=O) groups is 1. The summed E-state index contributed by atoms with van der Waals surface area (Å²) in [6, 6.07) is 12.3. The maximum absolute atomic E-state index is 11.5. The number of hydrogen-bond acceptors (Lipinski definition) is 3. The first-order valence-corrected chi connectivity index (χ1v) is 7.10. The number of anilines is 1. The molecule has 0 radical (unpaired) electrons. The Morgan fingerprint density at radius 2 is 1.62 bits per heavy atom. The van der Waals surface area contributed by atoms with E-state index in [9.17, 15) is 15.0 Å². The van der Waals surface area contributed by atoms with Crippen molar-refractivity contribution in [3.05, 3.63) is 64.7 Å². The van der Waals surface area contributed by atoms with Crippen LogP contribution in [0.15, 0.2) is 42.5 Å². The Hall–Kier alpha value is -1.88. The van der Waals surface area contributed by atoms with Crippen LogP contribution in [-0.2, 0) is 4.79 Å². The first-order valence-electron chi connectivity index (χ1n) is 6.57. The van der Waals surface area contributed by atoms with Gasteiger partial charge in [0.15, 0.2) is 0 Å². The minimum Gasteiger partial charge on any atom is -0.384 e. The van der Waals surface area contributed by atoms with Gasteiger partial charge in [0, 0.05) is 11.3 Å². The summed E-state index contributed by atoms with van der Waals surface area (Å²) < 4.78 is 0. The predicted octanol–water partition coefficient (Wildman–Crippen LogP) is 2.34. The number of nitrogens with one attached hydrogen (secondary N) is 1. The van der Waals surface area contributed by atoms with Gasteiger partial charge in [-0.25, -0.2) is 0 Å². The zero-order valence-corrected chi connectivity index (χ0v) is 11.8. The lowest BCUT2D eigenvalue weighted by molar-refractivity contribution is -0.113. The van der Waals surface area contributed by atoms with Crippen molar-refractivity contribution in [2.75, 3.05) is 11.2 Å². The van der Waals surface area contributed by atoms with Gasteiger partial charge in [-0.15, -0.1) is 11.6 Å². The van der Waals surface area contributed by atoms with Crippen LogP contribution >= 0.6 is 11.6 Å². The molecule has 0 spiro atoms. The van der Waals surface area contributed by atoms with Crippen molar-refractivity contribution < 1.29 is 15.0 Å². The van der Waals surface area contributed by atoms with Crippen LogP contribution in [0.1, 0.15) is 34.5 Å². The fraction of sp³-hybridized carbons (Fsp3) is 0.188. The second-order valence-corrected chi connectivity index (χ2v) is 5.19. The van der Waals surface area contributed by atoms with Crippen LogP contribution in [0.3, 0.4) is 0 Å². The summed E-state index contributed by atoms with van der Waals surface area (Å²) >= 11 is 5.51. The predicted molar refractivity (Wildman–Crippen MR) is 80.4 cm³/mol. The zero-order valence-electron chi connectivity index (χ0n) is 11.1. The summed E-state index contributed by atoms with van der Waals surface area (Å²) in [6.45, 7) is 0. The third-order valence-corrected chi connectivity index (χ3v) is 3.93. The summed E-state index contributed by atoms with van der Waals surface area (Å²) in [5.74, 6) is -0.524. The lowest BCUT2D eigenvalue weighted by Gasteiger charge is -2.30. The van der Waals surface area contributed by atoms with Crippen molar-refractivity contribution in [2.45, 2.75) is 12.2 Å². The van der Waals surface area contributed by atoms with Gasteiger partial charge in [0.2, 0.25) is 5.91 Å². The normalized spacial score (nSPS) is 19.6. The van der Waals surface area contributed by atoms with Gasteiger partial charge in [-0.3, -0.25) is 4.79 Å². The summed E-state index contributed by atoms with van der Waals surface area (Å²) in [4.78, 5) is 11.5. The molecule has 2 atom stereocenters. The number of fused-ring (bicyclic) bond motifs is 2. The first-order chi connectivity index (χ1) is 10.1. The van der Waals surface area contributed by atoms with E-state index >= 15 is 0 Å². The monoisotopic (exact) mass is 303 g/mol. The quantitative estimate of drug-likeness (QED) is 0.746. The van der Waals surface area contributed by atoms with E-state index in [-0.39, 0.29) is 11.8 Å². The molecule has 2 unspecified atom stereocenters. The van der Waals surface area contributed by atoms with Crippen molar-refractivity contribution in [3.63, 3.8) is 0 Å². The zero-order chi connectivity index (χ0) is 15.0. The van der Waals surface area contributed by atoms with E-state index in [1.807, 2.05) is 6.07 Å². The highest BCUT2D eigenvalue weighted by molar-refractivity contribution is 6.29. The number of benzene rings is 2. The Morgan fingerprint density at radius 1 is 1.00 bits per heavy atom. The highest BCUT2D eigenvalue weighted by Gasteiger charge is 2.31. The van der Waals surface area contributed by atoms with Gasteiger partial charge >= 0.3 is 0 Å². The maximum Gasteiger partial charge on any atom is 0.239 e. The number of carbonyl (C=O) groups excluding carboxylic acids is 1. The van der Waals surface area contributed by atoms with E-state index in [0.29, 0.717) is 27.9 Å². The molecule has 0 bridgehead atoms. The van der Waals surface area contributed by atoms with Crippen LogP contribution < -0.4 is 5.32 Å². The maximum atomic E-state index is 11.5. The van der Waals surface area contributed by atoms with Gasteiger partial charge in [-0.1, -0.05) is 36.4 Å². The highest BCUT2D eigenvalue weighted by atomic mass is 35.5. The number of aliphatic hydroxyl groups is 2. The molecule has 108 valence electrons. The van der Waals surface area contributed by atoms with Crippen LogP contribution in [0.25, 0.3) is 0 Å². The Balaban J connectivity index is 2.14. The number of rotatable bonds is 2.